The molecule has 1 rings (SSSR count). The summed E-state index contributed by atoms with van der Waals surface area (Å²) in [6.07, 6.45) is 0. The average molecular weight is 286 g/mol. The van der Waals surface area contributed by atoms with E-state index in [-0.39, 0.29) is 19.8 Å². The molecule has 0 heterocycles. The molecule has 4 heteroatoms. The average Bonchev–Trinajstić information content (AvgIpc) is 2.45. The van der Waals surface area contributed by atoms with E-state index in [1.54, 1.807) is 0 Å². The number of carbonyl (C=O) groups is 1. The molecule has 0 amide bonds. The van der Waals surface area contributed by atoms with E-state index < -0.39 is 5.97 Å². The van der Waals surface area contributed by atoms with Gasteiger partial charge in [0.2, 0.25) is 0 Å². The van der Waals surface area contributed by atoms with Crippen molar-refractivity contribution in [3.05, 3.63) is 29.8 Å². The number of rotatable bonds is 6. The third kappa shape index (κ3) is 7.67. The van der Waals surface area contributed by atoms with Crippen LogP contribution in [0.3, 0.4) is 0 Å². The molecule has 0 saturated carbocycles. The maximum atomic E-state index is 10.1. The van der Waals surface area contributed by atoms with Crippen LogP contribution in [0.5, 0.6) is 5.75 Å². The van der Waals surface area contributed by atoms with E-state index in [2.05, 4.69) is 37.5 Å². The zero-order valence-electron chi connectivity index (χ0n) is 12.2. The number of benzene rings is 1. The summed E-state index contributed by atoms with van der Waals surface area (Å²) >= 11 is 0. The zero-order chi connectivity index (χ0) is 15.5. The lowest BCUT2D eigenvalue weighted by molar-refractivity contribution is -0.141. The van der Waals surface area contributed by atoms with Crippen molar-refractivity contribution >= 4 is 5.97 Å². The summed E-state index contributed by atoms with van der Waals surface area (Å²) in [5.74, 6) is 10.8. The Labute approximate surface area is 125 Å². The molecule has 1 aromatic carbocycles. The van der Waals surface area contributed by atoms with Gasteiger partial charge >= 0.3 is 5.97 Å². The van der Waals surface area contributed by atoms with Crippen LogP contribution in [0.2, 0.25) is 0 Å². The van der Waals surface area contributed by atoms with Crippen LogP contribution in [0.4, 0.5) is 0 Å². The quantitative estimate of drug-likeness (QED) is 0.644. The normalized spacial score (nSPS) is 9.29. The molecule has 110 valence electrons. The van der Waals surface area contributed by atoms with Crippen molar-refractivity contribution in [1.82, 2.24) is 0 Å². The molecule has 21 heavy (non-hydrogen) atoms. The van der Waals surface area contributed by atoms with E-state index in [1.165, 1.54) is 5.56 Å². The second kappa shape index (κ2) is 9.47. The number of aliphatic carboxylic acids is 1. The van der Waals surface area contributed by atoms with Gasteiger partial charge in [0.05, 0.1) is 0 Å². The molecule has 1 N–H and O–H groups in total. The first kappa shape index (κ1) is 16.6. The minimum atomic E-state index is -1.01. The molecule has 0 fully saturated rings. The lowest BCUT2D eigenvalue weighted by atomic mass is 10.0. The van der Waals surface area contributed by atoms with Gasteiger partial charge in [-0.15, -0.1) is 0 Å². The fraction of sp³-hybridized carbons (Fsp3) is 0.353. The van der Waals surface area contributed by atoms with Crippen molar-refractivity contribution in [2.24, 2.45) is 0 Å². The Morgan fingerprint density at radius 3 is 2.33 bits per heavy atom. The Morgan fingerprint density at radius 1 is 1.14 bits per heavy atom. The topological polar surface area (TPSA) is 55.8 Å². The Bertz CT molecular complexity index is 565. The van der Waals surface area contributed by atoms with Crippen LogP contribution in [-0.4, -0.2) is 30.9 Å². The van der Waals surface area contributed by atoms with Gasteiger partial charge < -0.3 is 14.6 Å². The Hall–Kier alpha value is -2.43. The standard InChI is InChI=1S/C17H18O4/c1-14(2)15-7-9-16(10-8-15)21-12-6-4-3-5-11-20-13-17(18)19/h7-10,14H,11-13H2,1-2H3,(H,18,19). The summed E-state index contributed by atoms with van der Waals surface area (Å²) in [4.78, 5) is 10.1. The van der Waals surface area contributed by atoms with E-state index in [4.69, 9.17) is 14.6 Å². The lowest BCUT2D eigenvalue weighted by Gasteiger charge is -2.06. The van der Waals surface area contributed by atoms with Crippen molar-refractivity contribution in [3.63, 3.8) is 0 Å². The van der Waals surface area contributed by atoms with Gasteiger partial charge in [-0.2, -0.15) is 0 Å². The molecule has 0 unspecified atom stereocenters. The van der Waals surface area contributed by atoms with Crippen LogP contribution in [0, 0.1) is 23.7 Å². The van der Waals surface area contributed by atoms with Crippen molar-refractivity contribution < 1.29 is 19.4 Å². The van der Waals surface area contributed by atoms with Crippen LogP contribution >= 0.6 is 0 Å². The first-order valence-electron chi connectivity index (χ1n) is 6.57. The van der Waals surface area contributed by atoms with E-state index in [1.807, 2.05) is 24.3 Å². The number of hydrogen-bond acceptors (Lipinski definition) is 3. The van der Waals surface area contributed by atoms with E-state index in [0.29, 0.717) is 5.92 Å². The molecule has 0 aliphatic carbocycles. The van der Waals surface area contributed by atoms with Gasteiger partial charge in [-0.3, -0.25) is 0 Å². The molecule has 0 aliphatic rings. The summed E-state index contributed by atoms with van der Waals surface area (Å²) in [6, 6.07) is 7.91. The van der Waals surface area contributed by atoms with E-state index >= 15 is 0 Å². The minimum absolute atomic E-state index is 0.0541. The van der Waals surface area contributed by atoms with E-state index in [9.17, 15) is 4.79 Å². The summed E-state index contributed by atoms with van der Waals surface area (Å²) in [6.45, 7) is 4.24. The van der Waals surface area contributed by atoms with Gasteiger partial charge in [0.15, 0.2) is 0 Å². The van der Waals surface area contributed by atoms with Crippen molar-refractivity contribution in [3.8, 4) is 29.4 Å². The molecule has 0 bridgehead atoms. The maximum Gasteiger partial charge on any atom is 0.329 e. The molecule has 0 aliphatic heterocycles. The Balaban J connectivity index is 2.26. The van der Waals surface area contributed by atoms with Gasteiger partial charge in [-0.1, -0.05) is 31.9 Å². The smallest absolute Gasteiger partial charge is 0.329 e. The summed E-state index contributed by atoms with van der Waals surface area (Å²) in [5.41, 5.74) is 1.26. The Kier molecular flexibility index (Phi) is 7.50. The Morgan fingerprint density at radius 2 is 1.76 bits per heavy atom. The molecule has 0 aromatic heterocycles. The van der Waals surface area contributed by atoms with E-state index in [0.717, 1.165) is 5.75 Å². The highest BCUT2D eigenvalue weighted by Crippen LogP contribution is 2.18. The maximum absolute atomic E-state index is 10.1. The van der Waals surface area contributed by atoms with Crippen LogP contribution in [0.15, 0.2) is 24.3 Å². The van der Waals surface area contributed by atoms with Crippen LogP contribution in [0.1, 0.15) is 25.3 Å². The van der Waals surface area contributed by atoms with Crippen LogP contribution < -0.4 is 4.74 Å². The monoisotopic (exact) mass is 286 g/mol. The summed E-state index contributed by atoms with van der Waals surface area (Å²) in [7, 11) is 0. The van der Waals surface area contributed by atoms with Gasteiger partial charge in [-0.25, -0.2) is 4.79 Å². The molecule has 0 saturated heterocycles. The third-order valence-corrected chi connectivity index (χ3v) is 2.50. The highest BCUT2D eigenvalue weighted by molar-refractivity contribution is 5.68. The molecular weight excluding hydrogens is 268 g/mol. The van der Waals surface area contributed by atoms with Crippen molar-refractivity contribution in [2.45, 2.75) is 19.8 Å². The number of carboxylic acids is 1. The highest BCUT2D eigenvalue weighted by atomic mass is 16.5. The number of carboxylic acid groups (broad SMARTS) is 1. The molecule has 0 atom stereocenters. The highest BCUT2D eigenvalue weighted by Gasteiger charge is 1.98. The molecule has 4 nitrogen and oxygen atoms in total. The molecule has 0 spiro atoms. The number of ether oxygens (including phenoxy) is 2. The van der Waals surface area contributed by atoms with Gasteiger partial charge in [0.25, 0.3) is 0 Å². The van der Waals surface area contributed by atoms with Crippen LogP contribution in [-0.2, 0) is 9.53 Å². The minimum Gasteiger partial charge on any atom is -0.481 e. The summed E-state index contributed by atoms with van der Waals surface area (Å²) in [5, 5.41) is 8.32. The van der Waals surface area contributed by atoms with Gasteiger partial charge in [0, 0.05) is 0 Å². The third-order valence-electron chi connectivity index (χ3n) is 2.50. The predicted molar refractivity (Wildman–Crippen MR) is 80.0 cm³/mol. The van der Waals surface area contributed by atoms with Gasteiger partial charge in [-0.05, 0) is 41.4 Å². The summed E-state index contributed by atoms with van der Waals surface area (Å²) < 4.78 is 10.2. The molecule has 1 aromatic rings. The fourth-order valence-electron chi connectivity index (χ4n) is 1.42. The molecular formula is C17H18O4. The number of hydrogen-bond donors (Lipinski definition) is 1. The SMILES string of the molecule is CC(C)c1ccc(OCC#CC#CCOCC(=O)O)cc1. The second-order valence-electron chi connectivity index (χ2n) is 4.50. The van der Waals surface area contributed by atoms with Gasteiger partial charge in [0.1, 0.15) is 25.6 Å². The first-order chi connectivity index (χ1) is 10.1. The predicted octanol–water partition coefficient (Wildman–Crippen LogP) is 2.30. The lowest BCUT2D eigenvalue weighted by Crippen LogP contribution is -2.06. The van der Waals surface area contributed by atoms with Crippen molar-refractivity contribution in [2.75, 3.05) is 19.8 Å². The largest absolute Gasteiger partial charge is 0.481 e. The van der Waals surface area contributed by atoms with Crippen LogP contribution in [0.25, 0.3) is 0 Å². The van der Waals surface area contributed by atoms with Crippen molar-refractivity contribution in [1.29, 1.82) is 0 Å². The first-order valence-corrected chi connectivity index (χ1v) is 6.57. The molecule has 0 radical (unpaired) electrons. The second-order valence-corrected chi connectivity index (χ2v) is 4.50. The zero-order valence-corrected chi connectivity index (χ0v) is 12.2. The fourth-order valence-corrected chi connectivity index (χ4v) is 1.42.